The number of hydrogen-bond donors (Lipinski definition) is 2. The van der Waals surface area contributed by atoms with Crippen LogP contribution in [0.15, 0.2) is 48.8 Å². The Labute approximate surface area is 173 Å². The predicted molar refractivity (Wildman–Crippen MR) is 111 cm³/mol. The number of aromatic nitrogens is 2. The van der Waals surface area contributed by atoms with Crippen molar-refractivity contribution in [2.45, 2.75) is 5.75 Å². The molecule has 29 heavy (non-hydrogen) atoms. The Balaban J connectivity index is 0.00000300. The average Bonchev–Trinajstić information content (AvgIpc) is 2.62. The summed E-state index contributed by atoms with van der Waals surface area (Å²) in [6.45, 7) is 0. The lowest BCUT2D eigenvalue weighted by molar-refractivity contribution is 0.412. The Kier molecular flexibility index (Phi) is 7.10. The lowest BCUT2D eigenvalue weighted by Gasteiger charge is -2.12. The van der Waals surface area contributed by atoms with Crippen molar-refractivity contribution >= 4 is 33.8 Å². The normalized spacial score (nSPS) is 12.6. The molecule has 0 amide bonds. The van der Waals surface area contributed by atoms with Gasteiger partial charge < -0.3 is 10.1 Å². The molecule has 2 heterocycles. The van der Waals surface area contributed by atoms with Crippen molar-refractivity contribution in [3.05, 3.63) is 66.0 Å². The molecule has 0 aliphatic rings. The highest BCUT2D eigenvalue weighted by Crippen LogP contribution is 2.33. The van der Waals surface area contributed by atoms with Crippen molar-refractivity contribution in [1.82, 2.24) is 9.97 Å². The Hall–Kier alpha value is -2.78. The fourth-order valence-electron chi connectivity index (χ4n) is 2.68. The number of anilines is 2. The van der Waals surface area contributed by atoms with Gasteiger partial charge in [-0.3, -0.25) is 4.78 Å². The summed E-state index contributed by atoms with van der Waals surface area (Å²) >= 11 is 0. The van der Waals surface area contributed by atoms with Crippen LogP contribution in [0.1, 0.15) is 5.56 Å². The second kappa shape index (κ2) is 9.15. The molecule has 0 bridgehead atoms. The van der Waals surface area contributed by atoms with Crippen LogP contribution in [0.2, 0.25) is 0 Å². The quantitative estimate of drug-likeness (QED) is 0.576. The molecule has 0 saturated heterocycles. The second-order valence-corrected chi connectivity index (χ2v) is 8.52. The van der Waals surface area contributed by atoms with Crippen LogP contribution < -0.4 is 10.1 Å². The molecule has 0 fully saturated rings. The maximum Gasteiger partial charge on any atom is 0.149 e. The van der Waals surface area contributed by atoms with Crippen LogP contribution in [0, 0.1) is 16.4 Å². The van der Waals surface area contributed by atoms with E-state index in [9.17, 15) is 13.0 Å². The molecule has 0 spiro atoms. The lowest BCUT2D eigenvalue weighted by atomic mass is 10.0. The van der Waals surface area contributed by atoms with Crippen LogP contribution in [0.4, 0.5) is 20.4 Å². The van der Waals surface area contributed by atoms with E-state index < -0.39 is 21.4 Å². The zero-order valence-corrected chi connectivity index (χ0v) is 17.2. The van der Waals surface area contributed by atoms with Gasteiger partial charge in [0, 0.05) is 39.4 Å². The third-order valence-electron chi connectivity index (χ3n) is 3.83. The second-order valence-electron chi connectivity index (χ2n) is 6.22. The minimum absolute atomic E-state index is 0. The summed E-state index contributed by atoms with van der Waals surface area (Å²) in [5, 5.41) is 2.96. The van der Waals surface area contributed by atoms with Gasteiger partial charge in [0.05, 0.1) is 19.1 Å². The van der Waals surface area contributed by atoms with Crippen molar-refractivity contribution < 1.29 is 17.7 Å². The average molecular weight is 441 g/mol. The summed E-state index contributed by atoms with van der Waals surface area (Å²) in [5.74, 6) is -0.0513. The first-order valence-corrected chi connectivity index (χ1v) is 10.3. The van der Waals surface area contributed by atoms with Crippen molar-refractivity contribution in [3.8, 4) is 16.9 Å². The topological polar surface area (TPSA) is 88.0 Å². The smallest absolute Gasteiger partial charge is 0.149 e. The largest absolute Gasteiger partial charge is 0.496 e. The highest BCUT2D eigenvalue weighted by Gasteiger charge is 2.14. The molecule has 6 nitrogen and oxygen atoms in total. The lowest BCUT2D eigenvalue weighted by Crippen LogP contribution is -2.02. The van der Waals surface area contributed by atoms with E-state index >= 15 is 0 Å². The standard InChI is InChI=1S/C19H18F2N4O2S.ClH/c1-27-17-8-13(20)3-4-14(17)15-9-19(24-10-16(15)21)25-18-7-12(5-6-23-18)11-28(2,22)26;/h3-10,22H,11H2,1-2H3,(H,23,24,25);1H. The number of ether oxygens (including phenoxy) is 1. The molecule has 1 atom stereocenters. The molecular weight excluding hydrogens is 422 g/mol. The molecule has 3 rings (SSSR count). The first-order valence-electron chi connectivity index (χ1n) is 8.18. The maximum absolute atomic E-state index is 14.4. The first-order chi connectivity index (χ1) is 13.2. The molecule has 0 saturated carbocycles. The van der Waals surface area contributed by atoms with E-state index in [-0.39, 0.29) is 29.5 Å². The monoisotopic (exact) mass is 440 g/mol. The van der Waals surface area contributed by atoms with Gasteiger partial charge in [0.15, 0.2) is 0 Å². The summed E-state index contributed by atoms with van der Waals surface area (Å²) in [6, 6.07) is 8.63. The van der Waals surface area contributed by atoms with Gasteiger partial charge >= 0.3 is 0 Å². The van der Waals surface area contributed by atoms with Gasteiger partial charge in [-0.2, -0.15) is 0 Å². The predicted octanol–water partition coefficient (Wildman–Crippen LogP) is 4.77. The summed E-state index contributed by atoms with van der Waals surface area (Å²) in [6.07, 6.45) is 3.94. The maximum atomic E-state index is 14.4. The van der Waals surface area contributed by atoms with E-state index in [1.807, 2.05) is 0 Å². The Morgan fingerprint density at radius 1 is 1.10 bits per heavy atom. The van der Waals surface area contributed by atoms with Crippen molar-refractivity contribution in [2.75, 3.05) is 18.7 Å². The molecule has 0 radical (unpaired) electrons. The van der Waals surface area contributed by atoms with Crippen LogP contribution in [-0.2, 0) is 15.5 Å². The highest BCUT2D eigenvalue weighted by atomic mass is 35.5. The van der Waals surface area contributed by atoms with Gasteiger partial charge in [0.25, 0.3) is 0 Å². The SMILES string of the molecule is COc1cc(F)ccc1-c1cc(Nc2cc(CS(C)(=N)=O)ccn2)ncc1F.Cl. The van der Waals surface area contributed by atoms with E-state index in [0.717, 1.165) is 6.20 Å². The van der Waals surface area contributed by atoms with E-state index in [0.29, 0.717) is 22.8 Å². The van der Waals surface area contributed by atoms with Crippen molar-refractivity contribution in [1.29, 1.82) is 4.78 Å². The fourth-order valence-corrected chi connectivity index (χ4v) is 3.50. The molecule has 1 aromatic carbocycles. The minimum Gasteiger partial charge on any atom is -0.496 e. The molecule has 0 aliphatic heterocycles. The molecule has 2 N–H and O–H groups in total. The zero-order valence-electron chi connectivity index (χ0n) is 15.6. The number of methoxy groups -OCH3 is 1. The summed E-state index contributed by atoms with van der Waals surface area (Å²) in [4.78, 5) is 8.16. The van der Waals surface area contributed by atoms with Crippen LogP contribution in [0.25, 0.3) is 11.1 Å². The van der Waals surface area contributed by atoms with E-state index in [2.05, 4.69) is 15.3 Å². The van der Waals surface area contributed by atoms with Crippen LogP contribution in [-0.4, -0.2) is 27.5 Å². The number of nitrogens with zero attached hydrogens (tertiary/aromatic N) is 2. The third kappa shape index (κ3) is 5.85. The highest BCUT2D eigenvalue weighted by molar-refractivity contribution is 7.90. The Morgan fingerprint density at radius 2 is 1.83 bits per heavy atom. The van der Waals surface area contributed by atoms with E-state index in [1.165, 1.54) is 43.8 Å². The van der Waals surface area contributed by atoms with Gasteiger partial charge in [-0.15, -0.1) is 12.4 Å². The van der Waals surface area contributed by atoms with Gasteiger partial charge in [-0.25, -0.2) is 23.0 Å². The number of pyridine rings is 2. The summed E-state index contributed by atoms with van der Waals surface area (Å²) in [5.41, 5.74) is 1.25. The van der Waals surface area contributed by atoms with E-state index in [1.54, 1.807) is 12.1 Å². The van der Waals surface area contributed by atoms with Gasteiger partial charge in [0.2, 0.25) is 0 Å². The van der Waals surface area contributed by atoms with E-state index in [4.69, 9.17) is 9.52 Å². The number of benzene rings is 1. The van der Waals surface area contributed by atoms with Gasteiger partial charge in [-0.05, 0) is 35.9 Å². The molecular formula is C19H19ClF2N4O2S. The first kappa shape index (κ1) is 22.5. The Morgan fingerprint density at radius 3 is 2.52 bits per heavy atom. The fraction of sp³-hybridized carbons (Fsp3) is 0.158. The number of rotatable bonds is 6. The molecule has 3 aromatic rings. The molecule has 154 valence electrons. The van der Waals surface area contributed by atoms with Crippen LogP contribution >= 0.6 is 12.4 Å². The van der Waals surface area contributed by atoms with Crippen LogP contribution in [0.5, 0.6) is 5.75 Å². The molecule has 0 aliphatic carbocycles. The minimum atomic E-state index is -2.69. The van der Waals surface area contributed by atoms with Crippen LogP contribution in [0.3, 0.4) is 0 Å². The summed E-state index contributed by atoms with van der Waals surface area (Å²) in [7, 11) is -1.31. The number of nitrogens with one attached hydrogen (secondary N) is 2. The van der Waals surface area contributed by atoms with Gasteiger partial charge in [-0.1, -0.05) is 0 Å². The third-order valence-corrected chi connectivity index (χ3v) is 4.72. The molecule has 2 aromatic heterocycles. The molecule has 1 unspecified atom stereocenters. The summed E-state index contributed by atoms with van der Waals surface area (Å²) < 4.78 is 52.2. The number of hydrogen-bond acceptors (Lipinski definition) is 6. The molecule has 10 heteroatoms. The number of halogens is 3. The zero-order chi connectivity index (χ0) is 20.3. The van der Waals surface area contributed by atoms with Gasteiger partial charge in [0.1, 0.15) is 29.0 Å². The van der Waals surface area contributed by atoms with Crippen molar-refractivity contribution in [2.24, 2.45) is 0 Å². The Bertz CT molecular complexity index is 1130. The van der Waals surface area contributed by atoms with Crippen molar-refractivity contribution in [3.63, 3.8) is 0 Å².